The van der Waals surface area contributed by atoms with Crippen LogP contribution in [0.5, 0.6) is 0 Å². The molecule has 1 unspecified atom stereocenters. The first-order chi connectivity index (χ1) is 11.6. The Labute approximate surface area is 147 Å². The number of nitrogens with one attached hydrogen (secondary N) is 1. The van der Waals surface area contributed by atoms with Crippen LogP contribution in [0.25, 0.3) is 10.4 Å². The smallest absolute Gasteiger partial charge is 0.160 e. The Morgan fingerprint density at radius 1 is 1.00 bits per heavy atom. The van der Waals surface area contributed by atoms with E-state index in [0.717, 1.165) is 21.9 Å². The fourth-order valence-electron chi connectivity index (χ4n) is 2.61. The number of thiophene rings is 1. The molecule has 2 N–H and O–H groups in total. The van der Waals surface area contributed by atoms with E-state index in [0.29, 0.717) is 5.92 Å². The maximum absolute atomic E-state index is 10.4. The largest absolute Gasteiger partial charge is 0.369 e. The molecule has 2 heterocycles. The van der Waals surface area contributed by atoms with Gasteiger partial charge in [-0.25, -0.2) is 0 Å². The second-order valence-corrected chi connectivity index (χ2v) is 7.40. The molecule has 2 aromatic heterocycles. The topological polar surface area (TPSA) is 45.1 Å². The summed E-state index contributed by atoms with van der Waals surface area (Å²) < 4.78 is 0. The number of aliphatic hydroxyl groups excluding tert-OH is 1. The van der Waals surface area contributed by atoms with Gasteiger partial charge in [0.2, 0.25) is 0 Å². The van der Waals surface area contributed by atoms with Gasteiger partial charge in [-0.15, -0.1) is 11.3 Å². The van der Waals surface area contributed by atoms with Crippen LogP contribution < -0.4 is 5.32 Å². The van der Waals surface area contributed by atoms with Crippen molar-refractivity contribution in [1.29, 1.82) is 0 Å². The van der Waals surface area contributed by atoms with Crippen molar-refractivity contribution in [3.8, 4) is 10.4 Å². The summed E-state index contributed by atoms with van der Waals surface area (Å²) in [6, 6.07) is 16.4. The van der Waals surface area contributed by atoms with E-state index in [1.54, 1.807) is 23.7 Å². The number of aliphatic hydroxyl groups is 1. The van der Waals surface area contributed by atoms with E-state index in [1.807, 2.05) is 18.2 Å². The summed E-state index contributed by atoms with van der Waals surface area (Å²) in [5, 5.41) is 13.4. The lowest BCUT2D eigenvalue weighted by Crippen LogP contribution is -2.07. The molecule has 1 atom stereocenters. The summed E-state index contributed by atoms with van der Waals surface area (Å²) in [4.78, 5) is 6.03. The van der Waals surface area contributed by atoms with Crippen molar-refractivity contribution in [2.75, 3.05) is 5.32 Å². The van der Waals surface area contributed by atoms with Gasteiger partial charge in [0.05, 0.1) is 4.88 Å². The Kier molecular flexibility index (Phi) is 5.28. The number of pyridine rings is 1. The summed E-state index contributed by atoms with van der Waals surface area (Å²) in [5.74, 6) is 0.665. The van der Waals surface area contributed by atoms with Crippen molar-refractivity contribution in [1.82, 2.24) is 4.98 Å². The quantitative estimate of drug-likeness (QED) is 0.614. The van der Waals surface area contributed by atoms with E-state index in [1.165, 1.54) is 11.1 Å². The molecular formula is C20H22N2OS. The van der Waals surface area contributed by atoms with Crippen molar-refractivity contribution in [2.24, 2.45) is 5.92 Å². The lowest BCUT2D eigenvalue weighted by molar-refractivity contribution is 0.212. The van der Waals surface area contributed by atoms with Crippen molar-refractivity contribution in [3.05, 3.63) is 71.4 Å². The average molecular weight is 338 g/mol. The third-order valence-electron chi connectivity index (χ3n) is 3.76. The zero-order valence-electron chi connectivity index (χ0n) is 13.9. The summed E-state index contributed by atoms with van der Waals surface area (Å²) >= 11 is 1.60. The minimum atomic E-state index is -0.716. The number of hydrogen-bond donors (Lipinski definition) is 2. The number of benzene rings is 1. The van der Waals surface area contributed by atoms with Gasteiger partial charge < -0.3 is 10.4 Å². The lowest BCUT2D eigenvalue weighted by Gasteiger charge is -2.12. The average Bonchev–Trinajstić information content (AvgIpc) is 3.06. The molecular weight excluding hydrogens is 316 g/mol. The Bertz CT molecular complexity index is 766. The van der Waals surface area contributed by atoms with Crippen molar-refractivity contribution < 1.29 is 5.11 Å². The second-order valence-electron chi connectivity index (χ2n) is 6.28. The van der Waals surface area contributed by atoms with E-state index >= 15 is 0 Å². The molecule has 0 saturated heterocycles. The zero-order chi connectivity index (χ0) is 16.9. The summed E-state index contributed by atoms with van der Waals surface area (Å²) in [6.45, 7) is 4.47. The van der Waals surface area contributed by atoms with Crippen LogP contribution in [0.15, 0.2) is 60.9 Å². The molecule has 3 nitrogen and oxygen atoms in total. The molecule has 0 spiro atoms. The molecule has 0 aliphatic rings. The summed E-state index contributed by atoms with van der Waals surface area (Å²) in [7, 11) is 0. The van der Waals surface area contributed by atoms with Crippen LogP contribution in [-0.2, 0) is 6.42 Å². The minimum absolute atomic E-state index is 0.665. The van der Waals surface area contributed by atoms with Gasteiger partial charge >= 0.3 is 0 Å². The number of rotatable bonds is 6. The van der Waals surface area contributed by atoms with Crippen LogP contribution in [0, 0.1) is 5.92 Å². The van der Waals surface area contributed by atoms with Crippen LogP contribution in [0.1, 0.15) is 30.5 Å². The molecule has 0 fully saturated rings. The third kappa shape index (κ3) is 4.22. The standard InChI is InChI=1S/C20H22N2OS/c1-14(2)13-15-3-5-16(6-4-15)18-7-8-19(24-18)20(23)22-17-9-11-21-12-10-17/h3-12,14,20,23H,13H2,1-2H3,(H,21,22). The number of aromatic nitrogens is 1. The fourth-order valence-corrected chi connectivity index (χ4v) is 3.56. The predicted molar refractivity (Wildman–Crippen MR) is 101 cm³/mol. The minimum Gasteiger partial charge on any atom is -0.369 e. The Balaban J connectivity index is 1.70. The first-order valence-electron chi connectivity index (χ1n) is 8.15. The molecule has 0 saturated carbocycles. The maximum atomic E-state index is 10.4. The first kappa shape index (κ1) is 16.7. The Morgan fingerprint density at radius 2 is 1.71 bits per heavy atom. The molecule has 24 heavy (non-hydrogen) atoms. The van der Waals surface area contributed by atoms with Crippen LogP contribution in [0.4, 0.5) is 5.69 Å². The highest BCUT2D eigenvalue weighted by atomic mass is 32.1. The lowest BCUT2D eigenvalue weighted by atomic mass is 10.0. The molecule has 1 aromatic carbocycles. The number of anilines is 1. The van der Waals surface area contributed by atoms with Crippen LogP contribution in [-0.4, -0.2) is 10.1 Å². The van der Waals surface area contributed by atoms with Gasteiger partial charge in [-0.2, -0.15) is 0 Å². The van der Waals surface area contributed by atoms with Gasteiger partial charge in [-0.3, -0.25) is 4.98 Å². The van der Waals surface area contributed by atoms with Gasteiger partial charge in [0.15, 0.2) is 6.23 Å². The summed E-state index contributed by atoms with van der Waals surface area (Å²) in [5.41, 5.74) is 3.41. The second kappa shape index (κ2) is 7.60. The highest BCUT2D eigenvalue weighted by Crippen LogP contribution is 2.32. The number of hydrogen-bond acceptors (Lipinski definition) is 4. The fraction of sp³-hybridized carbons (Fsp3) is 0.250. The Hall–Kier alpha value is -2.17. The van der Waals surface area contributed by atoms with E-state index < -0.39 is 6.23 Å². The molecule has 0 radical (unpaired) electrons. The first-order valence-corrected chi connectivity index (χ1v) is 8.97. The van der Waals surface area contributed by atoms with Gasteiger partial charge in [0, 0.05) is 23.0 Å². The predicted octanol–water partition coefficient (Wildman–Crippen LogP) is 5.11. The van der Waals surface area contributed by atoms with Gasteiger partial charge in [-0.1, -0.05) is 38.1 Å². The van der Waals surface area contributed by atoms with Crippen LogP contribution >= 0.6 is 11.3 Å². The van der Waals surface area contributed by atoms with E-state index in [2.05, 4.69) is 54.5 Å². The van der Waals surface area contributed by atoms with E-state index in [4.69, 9.17) is 0 Å². The van der Waals surface area contributed by atoms with Crippen molar-refractivity contribution in [3.63, 3.8) is 0 Å². The highest BCUT2D eigenvalue weighted by molar-refractivity contribution is 7.15. The molecule has 0 amide bonds. The van der Waals surface area contributed by atoms with Gasteiger partial charge in [-0.05, 0) is 47.7 Å². The normalized spacial score (nSPS) is 12.3. The Morgan fingerprint density at radius 3 is 2.38 bits per heavy atom. The van der Waals surface area contributed by atoms with Crippen LogP contribution in [0.2, 0.25) is 0 Å². The van der Waals surface area contributed by atoms with Crippen molar-refractivity contribution >= 4 is 17.0 Å². The number of nitrogens with zero attached hydrogens (tertiary/aromatic N) is 1. The third-order valence-corrected chi connectivity index (χ3v) is 4.95. The van der Waals surface area contributed by atoms with Gasteiger partial charge in [0.1, 0.15) is 0 Å². The SMILES string of the molecule is CC(C)Cc1ccc(-c2ccc(C(O)Nc3ccncc3)s2)cc1. The molecule has 0 aliphatic heterocycles. The molecule has 3 aromatic rings. The zero-order valence-corrected chi connectivity index (χ0v) is 14.8. The molecule has 124 valence electrons. The summed E-state index contributed by atoms with van der Waals surface area (Å²) in [6.07, 6.45) is 3.79. The maximum Gasteiger partial charge on any atom is 0.160 e. The van der Waals surface area contributed by atoms with Crippen molar-refractivity contribution in [2.45, 2.75) is 26.5 Å². The van der Waals surface area contributed by atoms with E-state index in [9.17, 15) is 5.11 Å². The molecule has 0 aliphatic carbocycles. The van der Waals surface area contributed by atoms with E-state index in [-0.39, 0.29) is 0 Å². The highest BCUT2D eigenvalue weighted by Gasteiger charge is 2.11. The molecule has 3 rings (SSSR count). The molecule has 0 bridgehead atoms. The monoisotopic (exact) mass is 338 g/mol. The van der Waals surface area contributed by atoms with Gasteiger partial charge in [0.25, 0.3) is 0 Å². The van der Waals surface area contributed by atoms with Crippen LogP contribution in [0.3, 0.4) is 0 Å². The molecule has 4 heteroatoms.